The summed E-state index contributed by atoms with van der Waals surface area (Å²) in [5.74, 6) is -0.133. The van der Waals surface area contributed by atoms with Crippen molar-refractivity contribution < 1.29 is 4.79 Å². The van der Waals surface area contributed by atoms with Crippen LogP contribution >= 0.6 is 45.8 Å². The van der Waals surface area contributed by atoms with Crippen molar-refractivity contribution >= 4 is 51.7 Å². The third-order valence-corrected chi connectivity index (χ3v) is 3.74. The molecule has 1 amide bonds. The van der Waals surface area contributed by atoms with Gasteiger partial charge in [0.1, 0.15) is 0 Å². The van der Waals surface area contributed by atoms with Crippen LogP contribution in [0.25, 0.3) is 0 Å². The van der Waals surface area contributed by atoms with Gasteiger partial charge in [-0.25, -0.2) is 0 Å². The van der Waals surface area contributed by atoms with Crippen molar-refractivity contribution in [3.05, 3.63) is 32.4 Å². The maximum Gasteiger partial charge on any atom is 0.252 e. The van der Waals surface area contributed by atoms with E-state index in [4.69, 9.17) is 23.2 Å². The van der Waals surface area contributed by atoms with Crippen LogP contribution < -0.4 is 5.32 Å². The van der Waals surface area contributed by atoms with Gasteiger partial charge in [-0.1, -0.05) is 18.5 Å². The third-order valence-electron chi connectivity index (χ3n) is 2.10. The zero-order chi connectivity index (χ0) is 12.1. The number of carbonyl (C=O) groups excluding carboxylic acids is 1. The van der Waals surface area contributed by atoms with Crippen LogP contribution in [0.5, 0.6) is 0 Å². The molecule has 1 rings (SSSR count). The van der Waals surface area contributed by atoms with Gasteiger partial charge >= 0.3 is 0 Å². The Bertz CT molecular complexity index is 384. The third kappa shape index (κ3) is 4.11. The SMILES string of the molecule is CCC(Cl)CNC(=O)c1cc(Cl)ccc1I. The zero-order valence-corrected chi connectivity index (χ0v) is 12.4. The number of hydrogen-bond donors (Lipinski definition) is 1. The molecule has 0 saturated carbocycles. The van der Waals surface area contributed by atoms with Crippen molar-refractivity contribution in [2.24, 2.45) is 0 Å². The van der Waals surface area contributed by atoms with Crippen LogP contribution in [0.1, 0.15) is 23.7 Å². The molecule has 0 aliphatic carbocycles. The summed E-state index contributed by atoms with van der Waals surface area (Å²) in [6, 6.07) is 5.24. The molecule has 2 nitrogen and oxygen atoms in total. The molecular formula is C11H12Cl2INO. The maximum atomic E-state index is 11.8. The van der Waals surface area contributed by atoms with Crippen molar-refractivity contribution in [2.75, 3.05) is 6.54 Å². The quantitative estimate of drug-likeness (QED) is 0.634. The Morgan fingerprint density at radius 3 is 2.88 bits per heavy atom. The van der Waals surface area contributed by atoms with Crippen molar-refractivity contribution in [2.45, 2.75) is 18.7 Å². The molecule has 1 aromatic rings. The van der Waals surface area contributed by atoms with Gasteiger partial charge < -0.3 is 5.32 Å². The maximum absolute atomic E-state index is 11.8. The average molecular weight is 372 g/mol. The molecule has 0 bridgehead atoms. The summed E-state index contributed by atoms with van der Waals surface area (Å²) in [5, 5.41) is 3.32. The molecule has 0 aromatic heterocycles. The second kappa shape index (κ2) is 6.67. The predicted octanol–water partition coefficient (Wildman–Crippen LogP) is 3.69. The number of alkyl halides is 1. The van der Waals surface area contributed by atoms with Crippen molar-refractivity contribution in [1.82, 2.24) is 5.32 Å². The average Bonchev–Trinajstić information content (AvgIpc) is 2.28. The second-order valence-electron chi connectivity index (χ2n) is 3.34. The second-order valence-corrected chi connectivity index (χ2v) is 5.56. The molecule has 16 heavy (non-hydrogen) atoms. The smallest absolute Gasteiger partial charge is 0.252 e. The Kier molecular flexibility index (Phi) is 5.86. The first-order chi connectivity index (χ1) is 7.54. The van der Waals surface area contributed by atoms with E-state index < -0.39 is 0 Å². The Hall–Kier alpha value is -0.000000000000000111. The number of hydrogen-bond acceptors (Lipinski definition) is 1. The molecule has 1 N–H and O–H groups in total. The molecule has 0 radical (unpaired) electrons. The largest absolute Gasteiger partial charge is 0.351 e. The van der Waals surface area contributed by atoms with Crippen LogP contribution in [0, 0.1) is 3.57 Å². The van der Waals surface area contributed by atoms with Gasteiger partial charge in [-0.3, -0.25) is 4.79 Å². The van der Waals surface area contributed by atoms with E-state index >= 15 is 0 Å². The number of rotatable bonds is 4. The van der Waals surface area contributed by atoms with E-state index in [1.54, 1.807) is 12.1 Å². The van der Waals surface area contributed by atoms with Crippen LogP contribution in [0.4, 0.5) is 0 Å². The first kappa shape index (κ1) is 14.1. The molecule has 0 aliphatic rings. The van der Waals surface area contributed by atoms with Gasteiger partial charge in [-0.2, -0.15) is 0 Å². The fourth-order valence-electron chi connectivity index (χ4n) is 1.11. The number of amides is 1. The lowest BCUT2D eigenvalue weighted by atomic mass is 10.2. The van der Waals surface area contributed by atoms with Gasteiger partial charge in [0.05, 0.1) is 10.9 Å². The van der Waals surface area contributed by atoms with Crippen LogP contribution in [-0.2, 0) is 0 Å². The van der Waals surface area contributed by atoms with Gasteiger partial charge in [0.2, 0.25) is 0 Å². The van der Waals surface area contributed by atoms with Crippen molar-refractivity contribution in [1.29, 1.82) is 0 Å². The number of nitrogens with one attached hydrogen (secondary N) is 1. The molecule has 0 heterocycles. The molecule has 5 heteroatoms. The van der Waals surface area contributed by atoms with Gasteiger partial charge in [0.15, 0.2) is 0 Å². The molecule has 0 saturated heterocycles. The molecule has 0 spiro atoms. The monoisotopic (exact) mass is 371 g/mol. The Morgan fingerprint density at radius 1 is 1.56 bits per heavy atom. The fourth-order valence-corrected chi connectivity index (χ4v) is 1.94. The highest BCUT2D eigenvalue weighted by Crippen LogP contribution is 2.17. The molecule has 1 unspecified atom stereocenters. The molecule has 1 atom stereocenters. The summed E-state index contributed by atoms with van der Waals surface area (Å²) < 4.78 is 0.877. The number of halogens is 3. The predicted molar refractivity (Wildman–Crippen MR) is 76.4 cm³/mol. The summed E-state index contributed by atoms with van der Waals surface area (Å²) in [6.45, 7) is 2.45. The van der Waals surface area contributed by atoms with Crippen LogP contribution in [0.15, 0.2) is 18.2 Å². The van der Waals surface area contributed by atoms with E-state index in [9.17, 15) is 4.79 Å². The van der Waals surface area contributed by atoms with Crippen LogP contribution in [0.3, 0.4) is 0 Å². The van der Waals surface area contributed by atoms with E-state index in [1.165, 1.54) is 0 Å². The topological polar surface area (TPSA) is 29.1 Å². The highest BCUT2D eigenvalue weighted by Gasteiger charge is 2.11. The van der Waals surface area contributed by atoms with Gasteiger partial charge in [-0.15, -0.1) is 11.6 Å². The van der Waals surface area contributed by atoms with E-state index in [0.717, 1.165) is 9.99 Å². The van der Waals surface area contributed by atoms with Crippen molar-refractivity contribution in [3.63, 3.8) is 0 Å². The van der Waals surface area contributed by atoms with E-state index in [1.807, 2.05) is 13.0 Å². The Morgan fingerprint density at radius 2 is 2.25 bits per heavy atom. The highest BCUT2D eigenvalue weighted by atomic mass is 127. The highest BCUT2D eigenvalue weighted by molar-refractivity contribution is 14.1. The Labute approximate surface area is 119 Å². The first-order valence-electron chi connectivity index (χ1n) is 4.92. The minimum atomic E-state index is -0.133. The van der Waals surface area contributed by atoms with E-state index in [0.29, 0.717) is 17.1 Å². The lowest BCUT2D eigenvalue weighted by molar-refractivity contribution is 0.0952. The van der Waals surface area contributed by atoms with Gasteiger partial charge in [0, 0.05) is 15.1 Å². The van der Waals surface area contributed by atoms with Gasteiger partial charge in [0.25, 0.3) is 5.91 Å². The summed E-state index contributed by atoms with van der Waals surface area (Å²) in [7, 11) is 0. The first-order valence-corrected chi connectivity index (χ1v) is 6.81. The number of benzene rings is 1. The summed E-state index contributed by atoms with van der Waals surface area (Å²) in [6.07, 6.45) is 0.828. The van der Waals surface area contributed by atoms with Crippen LogP contribution in [0.2, 0.25) is 5.02 Å². The molecular weight excluding hydrogens is 360 g/mol. The molecule has 1 aromatic carbocycles. The summed E-state index contributed by atoms with van der Waals surface area (Å²) >= 11 is 13.9. The minimum Gasteiger partial charge on any atom is -0.351 e. The molecule has 0 aliphatic heterocycles. The summed E-state index contributed by atoms with van der Waals surface area (Å²) in [5.41, 5.74) is 0.591. The fraction of sp³-hybridized carbons (Fsp3) is 0.364. The molecule has 88 valence electrons. The zero-order valence-electron chi connectivity index (χ0n) is 8.77. The van der Waals surface area contributed by atoms with Gasteiger partial charge in [-0.05, 0) is 47.2 Å². The summed E-state index contributed by atoms with van der Waals surface area (Å²) in [4.78, 5) is 11.8. The van der Waals surface area contributed by atoms with Crippen LogP contribution in [-0.4, -0.2) is 17.8 Å². The number of carbonyl (C=O) groups is 1. The molecule has 0 fully saturated rings. The minimum absolute atomic E-state index is 0.0270. The lowest BCUT2D eigenvalue weighted by Gasteiger charge is -2.09. The Balaban J connectivity index is 2.69. The van der Waals surface area contributed by atoms with Crippen molar-refractivity contribution in [3.8, 4) is 0 Å². The van der Waals surface area contributed by atoms with E-state index in [-0.39, 0.29) is 11.3 Å². The normalized spacial score (nSPS) is 12.2. The standard InChI is InChI=1S/C11H12Cl2INO/c1-2-7(12)6-15-11(16)9-5-8(13)3-4-10(9)14/h3-5,7H,2,6H2,1H3,(H,15,16). The van der Waals surface area contributed by atoms with E-state index in [2.05, 4.69) is 27.9 Å². The lowest BCUT2D eigenvalue weighted by Crippen LogP contribution is -2.30.